The van der Waals surface area contributed by atoms with Crippen LogP contribution in [0.25, 0.3) is 5.76 Å². The van der Waals surface area contributed by atoms with Crippen LogP contribution in [0.4, 0.5) is 0 Å². The van der Waals surface area contributed by atoms with Crippen molar-refractivity contribution in [2.75, 3.05) is 13.7 Å². The third-order valence-electron chi connectivity index (χ3n) is 6.90. The average molecular weight is 514 g/mol. The molecule has 3 aromatic carbocycles. The van der Waals surface area contributed by atoms with Crippen molar-refractivity contribution in [2.45, 2.75) is 52.6 Å². The van der Waals surface area contributed by atoms with Gasteiger partial charge in [-0.05, 0) is 60.2 Å². The number of methoxy groups -OCH3 is 1. The minimum absolute atomic E-state index is 0.0730. The third-order valence-corrected chi connectivity index (χ3v) is 6.90. The standard InChI is InChI=1S/C32H35NO5/c1-6-17-38-26-16-15-24(18-21(26)4)30(34)28-29(23-13-11-22(12-14-23)20(2)3)33(32(36)31(28)35)19-25-9-7-8-10-27(25)37-5/h7-16,18,20,29,34H,6,17,19H2,1-5H3/b30-28-. The lowest BCUT2D eigenvalue weighted by molar-refractivity contribution is -0.140. The highest BCUT2D eigenvalue weighted by molar-refractivity contribution is 6.46. The van der Waals surface area contributed by atoms with E-state index in [1.807, 2.05) is 62.4 Å². The van der Waals surface area contributed by atoms with Gasteiger partial charge in [0, 0.05) is 11.1 Å². The quantitative estimate of drug-likeness (QED) is 0.200. The predicted octanol–water partition coefficient (Wildman–Crippen LogP) is 6.54. The predicted molar refractivity (Wildman–Crippen MR) is 148 cm³/mol. The van der Waals surface area contributed by atoms with E-state index in [9.17, 15) is 14.7 Å². The summed E-state index contributed by atoms with van der Waals surface area (Å²) in [5, 5.41) is 11.5. The summed E-state index contributed by atoms with van der Waals surface area (Å²) < 4.78 is 11.3. The minimum atomic E-state index is -0.752. The molecular formula is C32H35NO5. The molecule has 1 heterocycles. The number of aliphatic hydroxyl groups excluding tert-OH is 1. The number of rotatable bonds is 9. The van der Waals surface area contributed by atoms with Crippen molar-refractivity contribution >= 4 is 17.4 Å². The van der Waals surface area contributed by atoms with Crippen molar-refractivity contribution in [3.63, 3.8) is 0 Å². The molecule has 1 atom stereocenters. The number of amides is 1. The molecular weight excluding hydrogens is 478 g/mol. The molecule has 0 bridgehead atoms. The number of likely N-dealkylation sites (tertiary alicyclic amines) is 1. The number of aryl methyl sites for hydroxylation is 1. The summed E-state index contributed by atoms with van der Waals surface area (Å²) in [7, 11) is 1.57. The number of aliphatic hydroxyl groups is 1. The van der Waals surface area contributed by atoms with Gasteiger partial charge in [-0.1, -0.05) is 63.2 Å². The Hall–Kier alpha value is -4.06. The highest BCUT2D eigenvalue weighted by atomic mass is 16.5. The van der Waals surface area contributed by atoms with Gasteiger partial charge in [-0.2, -0.15) is 0 Å². The maximum atomic E-state index is 13.5. The number of hydrogen-bond donors (Lipinski definition) is 1. The summed E-state index contributed by atoms with van der Waals surface area (Å²) in [4.78, 5) is 28.4. The molecule has 0 aromatic heterocycles. The average Bonchev–Trinajstić information content (AvgIpc) is 3.17. The maximum Gasteiger partial charge on any atom is 0.295 e. The summed E-state index contributed by atoms with van der Waals surface area (Å²) in [6.07, 6.45) is 0.881. The van der Waals surface area contributed by atoms with E-state index in [4.69, 9.17) is 9.47 Å². The fourth-order valence-corrected chi connectivity index (χ4v) is 4.80. The summed E-state index contributed by atoms with van der Waals surface area (Å²) in [5.41, 5.74) is 4.05. The summed E-state index contributed by atoms with van der Waals surface area (Å²) in [6.45, 7) is 8.90. The van der Waals surface area contributed by atoms with Gasteiger partial charge in [0.15, 0.2) is 0 Å². The molecule has 0 radical (unpaired) electrons. The molecule has 3 aromatic rings. The highest BCUT2D eigenvalue weighted by Gasteiger charge is 2.46. The Morgan fingerprint density at radius 3 is 2.34 bits per heavy atom. The number of carbonyl (C=O) groups excluding carboxylic acids is 2. The molecule has 38 heavy (non-hydrogen) atoms. The van der Waals surface area contributed by atoms with Crippen LogP contribution < -0.4 is 9.47 Å². The van der Waals surface area contributed by atoms with Gasteiger partial charge in [-0.15, -0.1) is 0 Å². The van der Waals surface area contributed by atoms with Gasteiger partial charge in [-0.25, -0.2) is 0 Å². The van der Waals surface area contributed by atoms with E-state index in [0.717, 1.165) is 34.4 Å². The van der Waals surface area contributed by atoms with Crippen LogP contribution in [0.2, 0.25) is 0 Å². The molecule has 0 aliphatic carbocycles. The van der Waals surface area contributed by atoms with Crippen molar-refractivity contribution in [3.05, 3.63) is 100 Å². The molecule has 1 saturated heterocycles. The fourth-order valence-electron chi connectivity index (χ4n) is 4.80. The molecule has 0 spiro atoms. The van der Waals surface area contributed by atoms with Gasteiger partial charge in [0.1, 0.15) is 17.3 Å². The normalized spacial score (nSPS) is 16.8. The van der Waals surface area contributed by atoms with Crippen LogP contribution in [0.3, 0.4) is 0 Å². The van der Waals surface area contributed by atoms with Gasteiger partial charge >= 0.3 is 0 Å². The van der Waals surface area contributed by atoms with Crippen molar-refractivity contribution in [1.29, 1.82) is 0 Å². The smallest absolute Gasteiger partial charge is 0.295 e. The Bertz CT molecular complexity index is 1360. The topological polar surface area (TPSA) is 76.1 Å². The highest BCUT2D eigenvalue weighted by Crippen LogP contribution is 2.41. The van der Waals surface area contributed by atoms with Crippen LogP contribution >= 0.6 is 0 Å². The van der Waals surface area contributed by atoms with Crippen LogP contribution in [0, 0.1) is 6.92 Å². The number of para-hydroxylation sites is 1. The summed E-state index contributed by atoms with van der Waals surface area (Å²) >= 11 is 0. The molecule has 6 nitrogen and oxygen atoms in total. The zero-order chi connectivity index (χ0) is 27.4. The van der Waals surface area contributed by atoms with Gasteiger partial charge in [0.25, 0.3) is 11.7 Å². The third kappa shape index (κ3) is 5.30. The van der Waals surface area contributed by atoms with Crippen molar-refractivity contribution < 1.29 is 24.2 Å². The zero-order valence-electron chi connectivity index (χ0n) is 22.7. The second-order valence-corrected chi connectivity index (χ2v) is 9.89. The number of carbonyl (C=O) groups is 2. The van der Waals surface area contributed by atoms with E-state index < -0.39 is 17.7 Å². The SMILES string of the molecule is CCCOc1ccc(/C(O)=C2/C(=O)C(=O)N(Cc3ccccc3OC)C2c2ccc(C(C)C)cc2)cc1C. The summed E-state index contributed by atoms with van der Waals surface area (Å²) in [5.74, 6) is 0.117. The Labute approximate surface area is 224 Å². The van der Waals surface area contributed by atoms with Crippen molar-refractivity contribution in [2.24, 2.45) is 0 Å². The first-order valence-corrected chi connectivity index (χ1v) is 13.0. The number of benzene rings is 3. The molecule has 6 heteroatoms. The molecule has 1 amide bonds. The van der Waals surface area contributed by atoms with E-state index in [0.29, 0.717) is 23.8 Å². The summed E-state index contributed by atoms with van der Waals surface area (Å²) in [6, 6.07) is 19.8. The lowest BCUT2D eigenvalue weighted by Gasteiger charge is -2.26. The van der Waals surface area contributed by atoms with Gasteiger partial charge in [-0.3, -0.25) is 9.59 Å². The van der Waals surface area contributed by atoms with Crippen LogP contribution in [0.5, 0.6) is 11.5 Å². The molecule has 1 fully saturated rings. The Balaban J connectivity index is 1.83. The van der Waals surface area contributed by atoms with E-state index in [-0.39, 0.29) is 17.9 Å². The molecule has 1 unspecified atom stereocenters. The first-order valence-electron chi connectivity index (χ1n) is 13.0. The molecule has 1 N–H and O–H groups in total. The largest absolute Gasteiger partial charge is 0.507 e. The van der Waals surface area contributed by atoms with Crippen molar-refractivity contribution in [1.82, 2.24) is 4.90 Å². The van der Waals surface area contributed by atoms with Crippen LogP contribution in [-0.4, -0.2) is 35.4 Å². The Morgan fingerprint density at radius 1 is 1.00 bits per heavy atom. The number of ether oxygens (including phenoxy) is 2. The first-order chi connectivity index (χ1) is 18.3. The van der Waals surface area contributed by atoms with Crippen LogP contribution in [0.15, 0.2) is 72.3 Å². The second-order valence-electron chi connectivity index (χ2n) is 9.89. The van der Waals surface area contributed by atoms with Crippen LogP contribution in [0.1, 0.15) is 67.0 Å². The Kier molecular flexibility index (Phi) is 8.20. The van der Waals surface area contributed by atoms with E-state index in [2.05, 4.69) is 13.8 Å². The van der Waals surface area contributed by atoms with Crippen LogP contribution in [-0.2, 0) is 16.1 Å². The molecule has 4 rings (SSSR count). The molecule has 1 aliphatic heterocycles. The van der Waals surface area contributed by atoms with E-state index in [1.54, 1.807) is 25.3 Å². The van der Waals surface area contributed by atoms with Gasteiger partial charge in [0.05, 0.1) is 31.9 Å². The van der Waals surface area contributed by atoms with Crippen molar-refractivity contribution in [3.8, 4) is 11.5 Å². The number of nitrogens with zero attached hydrogens (tertiary/aromatic N) is 1. The molecule has 0 saturated carbocycles. The number of Topliss-reactive ketones (excluding diaryl/α,β-unsaturated/α-hetero) is 1. The van der Waals surface area contributed by atoms with E-state index >= 15 is 0 Å². The minimum Gasteiger partial charge on any atom is -0.507 e. The number of hydrogen-bond acceptors (Lipinski definition) is 5. The lowest BCUT2D eigenvalue weighted by atomic mass is 9.92. The molecule has 198 valence electrons. The fraction of sp³-hybridized carbons (Fsp3) is 0.312. The number of ketones is 1. The van der Waals surface area contributed by atoms with Gasteiger partial charge < -0.3 is 19.5 Å². The van der Waals surface area contributed by atoms with E-state index in [1.165, 1.54) is 4.90 Å². The van der Waals surface area contributed by atoms with Gasteiger partial charge in [0.2, 0.25) is 0 Å². The second kappa shape index (κ2) is 11.5. The molecule has 1 aliphatic rings. The zero-order valence-corrected chi connectivity index (χ0v) is 22.7. The monoisotopic (exact) mass is 513 g/mol. The first kappa shape index (κ1) is 27.0. The maximum absolute atomic E-state index is 13.5. The lowest BCUT2D eigenvalue weighted by Crippen LogP contribution is -2.29. The Morgan fingerprint density at radius 2 is 1.71 bits per heavy atom.